The number of thiophene rings is 1. The Bertz CT molecular complexity index is 1070. The van der Waals surface area contributed by atoms with Crippen LogP contribution in [0, 0.1) is 6.92 Å². The maximum atomic E-state index is 12.3. The number of aromatic nitrogens is 3. The summed E-state index contributed by atoms with van der Waals surface area (Å²) >= 11 is 2.87. The van der Waals surface area contributed by atoms with Crippen LogP contribution in [0.3, 0.4) is 0 Å². The fraction of sp³-hybridized carbons (Fsp3) is 0.167. The van der Waals surface area contributed by atoms with Gasteiger partial charge in [0.25, 0.3) is 0 Å². The van der Waals surface area contributed by atoms with E-state index in [1.54, 1.807) is 7.11 Å². The molecule has 0 bridgehead atoms. The number of ether oxygens (including phenoxy) is 1. The Morgan fingerprint density at radius 1 is 1.28 bits per heavy atom. The number of hydrogen-bond acceptors (Lipinski definition) is 6. The number of carbonyl (C=O) groups is 1. The molecule has 0 amide bonds. The summed E-state index contributed by atoms with van der Waals surface area (Å²) in [6.07, 6.45) is 0. The average Bonchev–Trinajstić information content (AvgIpc) is 3.30. The molecule has 0 N–H and O–H groups in total. The number of carbonyl (C=O) groups excluding carboxylic acids is 1. The molecule has 7 heteroatoms. The number of thioether (sulfide) groups is 1. The van der Waals surface area contributed by atoms with E-state index >= 15 is 0 Å². The van der Waals surface area contributed by atoms with E-state index in [-0.39, 0.29) is 5.78 Å². The van der Waals surface area contributed by atoms with Gasteiger partial charge >= 0.3 is 0 Å². The Hall–Kier alpha value is -2.38. The van der Waals surface area contributed by atoms with Crippen LogP contribution in [0.25, 0.3) is 16.6 Å². The van der Waals surface area contributed by atoms with Gasteiger partial charge in [0.15, 0.2) is 16.6 Å². The zero-order valence-corrected chi connectivity index (χ0v) is 15.4. The highest BCUT2D eigenvalue weighted by atomic mass is 32.2. The van der Waals surface area contributed by atoms with Crippen LogP contribution < -0.4 is 4.74 Å². The van der Waals surface area contributed by atoms with Crippen molar-refractivity contribution in [3.8, 4) is 5.75 Å². The van der Waals surface area contributed by atoms with Gasteiger partial charge in [0.1, 0.15) is 5.75 Å². The van der Waals surface area contributed by atoms with Crippen LogP contribution in [0.4, 0.5) is 0 Å². The summed E-state index contributed by atoms with van der Waals surface area (Å²) in [5.74, 6) is 1.21. The Morgan fingerprint density at radius 3 is 2.92 bits per heavy atom. The van der Waals surface area contributed by atoms with Crippen LogP contribution in [0.2, 0.25) is 0 Å². The van der Waals surface area contributed by atoms with Crippen molar-refractivity contribution in [2.75, 3.05) is 12.9 Å². The Kier molecular flexibility index (Phi) is 4.19. The number of aryl methyl sites for hydroxylation is 1. The third-order valence-corrected chi connectivity index (χ3v) is 5.80. The summed E-state index contributed by atoms with van der Waals surface area (Å²) in [6, 6.07) is 11.7. The van der Waals surface area contributed by atoms with Gasteiger partial charge in [-0.25, -0.2) is 0 Å². The van der Waals surface area contributed by atoms with Gasteiger partial charge in [-0.05, 0) is 47.5 Å². The molecule has 0 aliphatic carbocycles. The molecule has 0 saturated heterocycles. The zero-order chi connectivity index (χ0) is 17.4. The van der Waals surface area contributed by atoms with Crippen LogP contribution in [-0.4, -0.2) is 33.2 Å². The average molecular weight is 369 g/mol. The number of methoxy groups -OCH3 is 1. The standard InChI is InChI=1S/C18H15N3O2S2/c1-11-8-12-5-6-13(23-2)9-14(12)21-17(11)19-20-18(21)25-10-15(22)16-4-3-7-24-16/h3-9H,10H2,1-2H3. The first-order valence-corrected chi connectivity index (χ1v) is 9.56. The van der Waals surface area contributed by atoms with Crippen LogP contribution in [0.5, 0.6) is 5.75 Å². The molecule has 0 aliphatic rings. The summed E-state index contributed by atoms with van der Waals surface area (Å²) in [5, 5.41) is 12.3. The van der Waals surface area contributed by atoms with Gasteiger partial charge in [0.2, 0.25) is 0 Å². The predicted octanol–water partition coefficient (Wildman–Crippen LogP) is 4.24. The van der Waals surface area contributed by atoms with Crippen molar-refractivity contribution in [3.63, 3.8) is 0 Å². The van der Waals surface area contributed by atoms with E-state index in [9.17, 15) is 4.79 Å². The zero-order valence-electron chi connectivity index (χ0n) is 13.7. The molecule has 0 aliphatic heterocycles. The van der Waals surface area contributed by atoms with Gasteiger partial charge in [-0.3, -0.25) is 9.20 Å². The third-order valence-electron chi connectivity index (χ3n) is 3.96. The minimum atomic E-state index is 0.103. The number of rotatable bonds is 5. The second kappa shape index (κ2) is 6.50. The molecule has 4 aromatic rings. The van der Waals surface area contributed by atoms with Crippen molar-refractivity contribution in [1.82, 2.24) is 14.6 Å². The maximum Gasteiger partial charge on any atom is 0.196 e. The summed E-state index contributed by atoms with van der Waals surface area (Å²) in [4.78, 5) is 13.0. The van der Waals surface area contributed by atoms with Crippen molar-refractivity contribution >= 4 is 45.4 Å². The van der Waals surface area contributed by atoms with Crippen LogP contribution in [0.1, 0.15) is 15.2 Å². The molecule has 126 valence electrons. The van der Waals surface area contributed by atoms with Crippen LogP contribution in [-0.2, 0) is 0 Å². The van der Waals surface area contributed by atoms with Crippen molar-refractivity contribution in [1.29, 1.82) is 0 Å². The first-order chi connectivity index (χ1) is 12.2. The predicted molar refractivity (Wildman–Crippen MR) is 101 cm³/mol. The first kappa shape index (κ1) is 16.1. The van der Waals surface area contributed by atoms with E-state index in [1.165, 1.54) is 23.1 Å². The summed E-state index contributed by atoms with van der Waals surface area (Å²) < 4.78 is 7.35. The lowest BCUT2D eigenvalue weighted by Gasteiger charge is -2.08. The van der Waals surface area contributed by atoms with Gasteiger partial charge in [-0.2, -0.15) is 0 Å². The van der Waals surface area contributed by atoms with Crippen LogP contribution in [0.15, 0.2) is 46.9 Å². The van der Waals surface area contributed by atoms with E-state index in [2.05, 4.69) is 16.3 Å². The van der Waals surface area contributed by atoms with E-state index in [1.807, 2.05) is 47.0 Å². The number of fused-ring (bicyclic) bond motifs is 3. The SMILES string of the molecule is COc1ccc2cc(C)c3nnc(SCC(=O)c4cccs4)n3c2c1. The Morgan fingerprint density at radius 2 is 2.16 bits per heavy atom. The largest absolute Gasteiger partial charge is 0.497 e. The first-order valence-electron chi connectivity index (χ1n) is 7.69. The van der Waals surface area contributed by atoms with Gasteiger partial charge in [0, 0.05) is 6.07 Å². The molecule has 0 saturated carbocycles. The molecule has 0 unspecified atom stereocenters. The number of hydrogen-bond donors (Lipinski definition) is 0. The molecular formula is C18H15N3O2S2. The minimum Gasteiger partial charge on any atom is -0.497 e. The number of nitrogens with zero attached hydrogens (tertiary/aromatic N) is 3. The Balaban J connectivity index is 1.77. The Labute approximate surface area is 152 Å². The second-order valence-corrected chi connectivity index (χ2v) is 7.47. The van der Waals surface area contributed by atoms with Gasteiger partial charge < -0.3 is 4.74 Å². The van der Waals surface area contributed by atoms with E-state index < -0.39 is 0 Å². The van der Waals surface area contributed by atoms with Crippen molar-refractivity contribution in [2.24, 2.45) is 0 Å². The summed E-state index contributed by atoms with van der Waals surface area (Å²) in [5.41, 5.74) is 2.81. The molecular weight excluding hydrogens is 354 g/mol. The van der Waals surface area contributed by atoms with E-state index in [0.717, 1.165) is 32.7 Å². The second-order valence-electron chi connectivity index (χ2n) is 5.58. The molecule has 1 aromatic carbocycles. The van der Waals surface area contributed by atoms with Crippen LogP contribution >= 0.6 is 23.1 Å². The highest BCUT2D eigenvalue weighted by molar-refractivity contribution is 7.99. The summed E-state index contributed by atoms with van der Waals surface area (Å²) in [6.45, 7) is 2.01. The van der Waals surface area contributed by atoms with Gasteiger partial charge in [-0.1, -0.05) is 17.8 Å². The number of ketones is 1. The lowest BCUT2D eigenvalue weighted by Crippen LogP contribution is -2.01. The van der Waals surface area contributed by atoms with E-state index in [0.29, 0.717) is 10.9 Å². The van der Waals surface area contributed by atoms with Crippen molar-refractivity contribution in [3.05, 3.63) is 52.2 Å². The quantitative estimate of drug-likeness (QED) is 0.389. The molecule has 0 radical (unpaired) electrons. The molecule has 0 spiro atoms. The van der Waals surface area contributed by atoms with Gasteiger partial charge in [0.05, 0.1) is 23.3 Å². The fourth-order valence-electron chi connectivity index (χ4n) is 2.74. The molecule has 3 heterocycles. The lowest BCUT2D eigenvalue weighted by molar-refractivity contribution is 0.102. The number of benzene rings is 1. The minimum absolute atomic E-state index is 0.103. The van der Waals surface area contributed by atoms with E-state index in [4.69, 9.17) is 4.74 Å². The maximum absolute atomic E-state index is 12.3. The highest BCUT2D eigenvalue weighted by Crippen LogP contribution is 2.28. The lowest BCUT2D eigenvalue weighted by atomic mass is 10.1. The highest BCUT2D eigenvalue weighted by Gasteiger charge is 2.15. The summed E-state index contributed by atoms with van der Waals surface area (Å²) in [7, 11) is 1.65. The number of pyridine rings is 1. The van der Waals surface area contributed by atoms with Crippen molar-refractivity contribution in [2.45, 2.75) is 12.1 Å². The number of Topliss-reactive ketones (excluding diaryl/α,β-unsaturated/α-hetero) is 1. The molecule has 3 aromatic heterocycles. The fourth-order valence-corrected chi connectivity index (χ4v) is 4.32. The monoisotopic (exact) mass is 369 g/mol. The molecule has 4 rings (SSSR count). The smallest absolute Gasteiger partial charge is 0.196 e. The molecule has 0 atom stereocenters. The topological polar surface area (TPSA) is 56.5 Å². The molecule has 25 heavy (non-hydrogen) atoms. The normalized spacial score (nSPS) is 11.3. The molecule has 5 nitrogen and oxygen atoms in total. The third kappa shape index (κ3) is 2.89. The molecule has 0 fully saturated rings. The van der Waals surface area contributed by atoms with Crippen molar-refractivity contribution < 1.29 is 9.53 Å². The van der Waals surface area contributed by atoms with Gasteiger partial charge in [-0.15, -0.1) is 21.5 Å².